The van der Waals surface area contributed by atoms with Gasteiger partial charge in [0, 0.05) is 5.92 Å². The minimum Gasteiger partial charge on any atom is -0.486 e. The Morgan fingerprint density at radius 3 is 2.43 bits per heavy atom. The van der Waals surface area contributed by atoms with E-state index in [1.54, 1.807) is 0 Å². The zero-order valence-corrected chi connectivity index (χ0v) is 17.7. The van der Waals surface area contributed by atoms with Crippen LogP contribution in [0.1, 0.15) is 63.7 Å². The average molecular weight is 403 g/mol. The zero-order chi connectivity index (χ0) is 20.3. The third kappa shape index (κ3) is 4.83. The van der Waals surface area contributed by atoms with Crippen LogP contribution in [-0.4, -0.2) is 25.1 Å². The number of rotatable bonds is 7. The van der Waals surface area contributed by atoms with Crippen molar-refractivity contribution in [2.75, 3.05) is 5.84 Å². The van der Waals surface area contributed by atoms with Gasteiger partial charge in [-0.05, 0) is 23.1 Å². The highest BCUT2D eigenvalue weighted by molar-refractivity contribution is 7.98. The molecule has 0 aliphatic rings. The van der Waals surface area contributed by atoms with E-state index in [-0.39, 0.29) is 17.9 Å². The summed E-state index contributed by atoms with van der Waals surface area (Å²) < 4.78 is 12.8. The highest BCUT2D eigenvalue weighted by Crippen LogP contribution is 2.25. The minimum absolute atomic E-state index is 0.108. The van der Waals surface area contributed by atoms with E-state index >= 15 is 0 Å². The summed E-state index contributed by atoms with van der Waals surface area (Å²) in [6.07, 6.45) is 0. The van der Waals surface area contributed by atoms with Crippen molar-refractivity contribution in [3.05, 3.63) is 47.4 Å². The standard InChI is InChI=1S/C19H26N6O2S/c1-12(2)17-23-22-16(27-17)11-28-18-24-21-15(25(18)20)10-26-14-8-6-13(7-9-14)19(3,4)5/h6-9,12H,10-11,20H2,1-5H3. The topological polar surface area (TPSA) is 105 Å². The lowest BCUT2D eigenvalue weighted by Crippen LogP contribution is -2.16. The Kier molecular flexibility index (Phi) is 5.93. The average Bonchev–Trinajstić information content (AvgIpc) is 3.25. The SMILES string of the molecule is CC(C)c1nnc(CSc2nnc(COc3ccc(C(C)(C)C)cc3)n2N)o1. The summed E-state index contributed by atoms with van der Waals surface area (Å²) >= 11 is 1.38. The van der Waals surface area contributed by atoms with Crippen molar-refractivity contribution in [3.8, 4) is 5.75 Å². The summed E-state index contributed by atoms with van der Waals surface area (Å²) in [4.78, 5) is 0. The molecule has 0 bridgehead atoms. The molecule has 0 aliphatic carbocycles. The number of nitrogens with zero attached hydrogens (tertiary/aromatic N) is 5. The molecule has 0 fully saturated rings. The lowest BCUT2D eigenvalue weighted by molar-refractivity contribution is 0.291. The van der Waals surface area contributed by atoms with Crippen molar-refractivity contribution < 1.29 is 9.15 Å². The van der Waals surface area contributed by atoms with Gasteiger partial charge in [-0.3, -0.25) is 0 Å². The molecule has 3 rings (SSSR count). The highest BCUT2D eigenvalue weighted by atomic mass is 32.2. The van der Waals surface area contributed by atoms with E-state index < -0.39 is 0 Å². The monoisotopic (exact) mass is 402 g/mol. The summed E-state index contributed by atoms with van der Waals surface area (Å²) in [7, 11) is 0. The minimum atomic E-state index is 0.108. The molecule has 150 valence electrons. The number of thioether (sulfide) groups is 1. The van der Waals surface area contributed by atoms with E-state index in [9.17, 15) is 0 Å². The molecule has 28 heavy (non-hydrogen) atoms. The van der Waals surface area contributed by atoms with Crippen LogP contribution in [0.2, 0.25) is 0 Å². The molecule has 0 unspecified atom stereocenters. The lowest BCUT2D eigenvalue weighted by atomic mass is 9.87. The Morgan fingerprint density at radius 1 is 1.11 bits per heavy atom. The fourth-order valence-electron chi connectivity index (χ4n) is 2.39. The first-order valence-corrected chi connectivity index (χ1v) is 10.1. The molecule has 0 atom stereocenters. The van der Waals surface area contributed by atoms with Crippen molar-refractivity contribution >= 4 is 11.8 Å². The van der Waals surface area contributed by atoms with E-state index in [1.807, 2.05) is 26.0 Å². The maximum Gasteiger partial charge on any atom is 0.226 e. The van der Waals surface area contributed by atoms with Gasteiger partial charge < -0.3 is 15.0 Å². The smallest absolute Gasteiger partial charge is 0.226 e. The summed E-state index contributed by atoms with van der Waals surface area (Å²) in [5, 5.41) is 16.8. The summed E-state index contributed by atoms with van der Waals surface area (Å²) in [5.41, 5.74) is 1.36. The van der Waals surface area contributed by atoms with Crippen molar-refractivity contribution in [2.24, 2.45) is 0 Å². The normalized spacial score (nSPS) is 11.9. The highest BCUT2D eigenvalue weighted by Gasteiger charge is 2.15. The molecule has 1 aromatic carbocycles. The van der Waals surface area contributed by atoms with Crippen molar-refractivity contribution in [1.29, 1.82) is 0 Å². The molecule has 0 aliphatic heterocycles. The molecule has 0 radical (unpaired) electrons. The number of benzene rings is 1. The van der Waals surface area contributed by atoms with Crippen LogP contribution in [-0.2, 0) is 17.8 Å². The summed E-state index contributed by atoms with van der Waals surface area (Å²) in [6.45, 7) is 10.8. The molecule has 8 nitrogen and oxygen atoms in total. The van der Waals surface area contributed by atoms with Crippen molar-refractivity contribution in [1.82, 2.24) is 25.1 Å². The molecule has 3 aromatic rings. The van der Waals surface area contributed by atoms with Crippen LogP contribution in [0.3, 0.4) is 0 Å². The molecule has 2 aromatic heterocycles. The second kappa shape index (κ2) is 8.22. The van der Waals surface area contributed by atoms with Gasteiger partial charge in [0.15, 0.2) is 5.82 Å². The molecular formula is C19H26N6O2S. The molecule has 2 N–H and O–H groups in total. The van der Waals surface area contributed by atoms with E-state index in [2.05, 4.69) is 53.3 Å². The Hall–Kier alpha value is -2.55. The largest absolute Gasteiger partial charge is 0.486 e. The van der Waals surface area contributed by atoms with Gasteiger partial charge in [-0.2, -0.15) is 0 Å². The van der Waals surface area contributed by atoms with Gasteiger partial charge in [-0.1, -0.05) is 58.5 Å². The maximum atomic E-state index is 6.09. The first-order chi connectivity index (χ1) is 13.2. The third-order valence-corrected chi connectivity index (χ3v) is 5.05. The summed E-state index contributed by atoms with van der Waals surface area (Å²) in [6, 6.07) is 8.05. The van der Waals surface area contributed by atoms with Crippen molar-refractivity contribution in [2.45, 2.75) is 63.5 Å². The van der Waals surface area contributed by atoms with Crippen LogP contribution in [0.25, 0.3) is 0 Å². The Bertz CT molecular complexity index is 911. The van der Waals surface area contributed by atoms with Gasteiger partial charge in [-0.25, -0.2) is 4.68 Å². The quantitative estimate of drug-likeness (QED) is 0.471. The van der Waals surface area contributed by atoms with E-state index in [1.165, 1.54) is 22.0 Å². The summed E-state index contributed by atoms with van der Waals surface area (Å²) in [5.74, 6) is 9.22. The van der Waals surface area contributed by atoms with Gasteiger partial charge in [0.25, 0.3) is 0 Å². The Morgan fingerprint density at radius 2 is 1.82 bits per heavy atom. The number of nitrogen functional groups attached to an aromatic ring is 1. The molecule has 9 heteroatoms. The molecule has 0 amide bonds. The molecule has 0 saturated carbocycles. The predicted molar refractivity (Wildman–Crippen MR) is 108 cm³/mol. The van der Waals surface area contributed by atoms with E-state index in [0.29, 0.717) is 28.5 Å². The Labute approximate surface area is 168 Å². The molecular weight excluding hydrogens is 376 g/mol. The fourth-order valence-corrected chi connectivity index (χ4v) is 3.10. The van der Waals surface area contributed by atoms with Gasteiger partial charge in [0.1, 0.15) is 12.4 Å². The van der Waals surface area contributed by atoms with Crippen LogP contribution < -0.4 is 10.6 Å². The third-order valence-electron chi connectivity index (χ3n) is 4.12. The second-order valence-corrected chi connectivity index (χ2v) is 8.75. The van der Waals surface area contributed by atoms with Crippen LogP contribution in [0, 0.1) is 0 Å². The van der Waals surface area contributed by atoms with Crippen molar-refractivity contribution in [3.63, 3.8) is 0 Å². The first kappa shape index (κ1) is 20.2. The van der Waals surface area contributed by atoms with E-state index in [0.717, 1.165) is 5.75 Å². The zero-order valence-electron chi connectivity index (χ0n) is 16.8. The molecule has 0 spiro atoms. The lowest BCUT2D eigenvalue weighted by Gasteiger charge is -2.19. The van der Waals surface area contributed by atoms with Gasteiger partial charge in [-0.15, -0.1) is 20.4 Å². The molecule has 2 heterocycles. The number of ether oxygens (including phenoxy) is 1. The number of aromatic nitrogens is 5. The van der Waals surface area contributed by atoms with Crippen LogP contribution in [0.5, 0.6) is 5.75 Å². The van der Waals surface area contributed by atoms with E-state index in [4.69, 9.17) is 15.0 Å². The van der Waals surface area contributed by atoms with Gasteiger partial charge in [0.05, 0.1) is 5.75 Å². The van der Waals surface area contributed by atoms with Crippen LogP contribution in [0.4, 0.5) is 0 Å². The maximum absolute atomic E-state index is 6.09. The Balaban J connectivity index is 1.56. The number of hydrogen-bond donors (Lipinski definition) is 1. The van der Waals surface area contributed by atoms with Gasteiger partial charge >= 0.3 is 0 Å². The fraction of sp³-hybridized carbons (Fsp3) is 0.474. The van der Waals surface area contributed by atoms with Crippen LogP contribution >= 0.6 is 11.8 Å². The molecule has 0 saturated heterocycles. The first-order valence-electron chi connectivity index (χ1n) is 9.12. The predicted octanol–water partition coefficient (Wildman–Crippen LogP) is 3.67. The number of hydrogen-bond acceptors (Lipinski definition) is 8. The van der Waals surface area contributed by atoms with Gasteiger partial charge in [0.2, 0.25) is 16.9 Å². The van der Waals surface area contributed by atoms with Crippen LogP contribution in [0.15, 0.2) is 33.8 Å². The second-order valence-electron chi connectivity index (χ2n) is 7.81. The number of nitrogens with two attached hydrogens (primary N) is 1.